The molecule has 0 radical (unpaired) electrons. The highest BCUT2D eigenvalue weighted by Crippen LogP contribution is 2.39. The number of anilines is 1. The Bertz CT molecular complexity index is 1770. The lowest BCUT2D eigenvalue weighted by molar-refractivity contribution is -0.139. The number of ether oxygens (including phenoxy) is 3. The highest BCUT2D eigenvalue weighted by molar-refractivity contribution is 7.92. The molecular formula is C34H39F4N3O5S. The third-order valence-electron chi connectivity index (χ3n) is 7.66. The zero-order chi connectivity index (χ0) is 34.2. The molecule has 1 aromatic heterocycles. The van der Waals surface area contributed by atoms with Gasteiger partial charge in [-0.1, -0.05) is 32.4 Å². The molecule has 8 nitrogen and oxygen atoms in total. The number of pyridine rings is 1. The first-order chi connectivity index (χ1) is 22.5. The van der Waals surface area contributed by atoms with Gasteiger partial charge in [-0.15, -0.1) is 0 Å². The van der Waals surface area contributed by atoms with Crippen LogP contribution in [-0.2, 0) is 16.2 Å². The van der Waals surface area contributed by atoms with Gasteiger partial charge >= 0.3 is 6.18 Å². The van der Waals surface area contributed by atoms with E-state index in [1.807, 2.05) is 18.6 Å². The molecule has 0 bridgehead atoms. The molecule has 1 saturated heterocycles. The molecule has 1 unspecified atom stereocenters. The average molecular weight is 678 g/mol. The largest absolute Gasteiger partial charge is 0.493 e. The van der Waals surface area contributed by atoms with Crippen molar-refractivity contribution in [3.05, 3.63) is 78.2 Å². The van der Waals surface area contributed by atoms with Gasteiger partial charge in [0.05, 0.1) is 35.4 Å². The first kappa shape index (κ1) is 35.7. The third kappa shape index (κ3) is 8.83. The van der Waals surface area contributed by atoms with Crippen molar-refractivity contribution >= 4 is 26.6 Å². The maximum atomic E-state index is 15.1. The lowest BCUT2D eigenvalue weighted by Gasteiger charge is -2.33. The Kier molecular flexibility index (Phi) is 11.9. The topological polar surface area (TPSA) is 90.0 Å². The summed E-state index contributed by atoms with van der Waals surface area (Å²) in [5, 5.41) is 0.511. The molecule has 13 heteroatoms. The van der Waals surface area contributed by atoms with Gasteiger partial charge in [0, 0.05) is 36.3 Å². The molecule has 4 aromatic rings. The van der Waals surface area contributed by atoms with Crippen molar-refractivity contribution in [2.24, 2.45) is 0 Å². The number of halogens is 4. The molecule has 47 heavy (non-hydrogen) atoms. The van der Waals surface area contributed by atoms with Gasteiger partial charge in [0.15, 0.2) is 23.1 Å². The fraction of sp³-hybridized carbons (Fsp3) is 0.382. The Morgan fingerprint density at radius 3 is 2.45 bits per heavy atom. The maximum absolute atomic E-state index is 15.1. The maximum Gasteiger partial charge on any atom is 0.417 e. The van der Waals surface area contributed by atoms with Gasteiger partial charge in [-0.2, -0.15) is 13.2 Å². The number of methoxy groups -OCH3 is 1. The number of hydrogen-bond acceptors (Lipinski definition) is 7. The van der Waals surface area contributed by atoms with E-state index in [2.05, 4.69) is 16.8 Å². The number of benzene rings is 3. The number of nitrogens with one attached hydrogen (secondary N) is 1. The van der Waals surface area contributed by atoms with E-state index in [0.29, 0.717) is 41.1 Å². The molecule has 0 spiro atoms. The number of fused-ring (bicyclic) bond motifs is 1. The van der Waals surface area contributed by atoms with E-state index < -0.39 is 32.5 Å². The quantitative estimate of drug-likeness (QED) is 0.126. The van der Waals surface area contributed by atoms with Crippen LogP contribution in [0.2, 0.25) is 0 Å². The van der Waals surface area contributed by atoms with Crippen LogP contribution in [-0.4, -0.2) is 51.1 Å². The molecule has 254 valence electrons. The Labute approximate surface area is 272 Å². The summed E-state index contributed by atoms with van der Waals surface area (Å²) in [6.07, 6.45) is 1.13. The number of sulfonamides is 1. The lowest BCUT2D eigenvalue weighted by Crippen LogP contribution is -2.38. The molecule has 0 aliphatic carbocycles. The van der Waals surface area contributed by atoms with Crippen molar-refractivity contribution in [1.29, 1.82) is 0 Å². The highest BCUT2D eigenvalue weighted by atomic mass is 32.2. The van der Waals surface area contributed by atoms with E-state index in [9.17, 15) is 21.6 Å². The molecule has 3 aromatic carbocycles. The van der Waals surface area contributed by atoms with Gasteiger partial charge in [-0.05, 0) is 69.1 Å². The summed E-state index contributed by atoms with van der Waals surface area (Å²) in [5.41, 5.74) is -1.10. The number of aromatic nitrogens is 1. The highest BCUT2D eigenvalue weighted by Gasteiger charge is 2.37. The van der Waals surface area contributed by atoms with Crippen LogP contribution in [0.25, 0.3) is 10.9 Å². The van der Waals surface area contributed by atoms with Crippen LogP contribution in [0.1, 0.15) is 52.0 Å². The van der Waals surface area contributed by atoms with Gasteiger partial charge in [0.25, 0.3) is 10.0 Å². The van der Waals surface area contributed by atoms with E-state index in [4.69, 9.17) is 14.2 Å². The fourth-order valence-electron chi connectivity index (χ4n) is 5.34. The van der Waals surface area contributed by atoms with Crippen LogP contribution < -0.4 is 18.9 Å². The Balaban J connectivity index is 0.00000245. The van der Waals surface area contributed by atoms with Crippen molar-refractivity contribution in [3.8, 4) is 23.0 Å². The van der Waals surface area contributed by atoms with Crippen molar-refractivity contribution in [3.63, 3.8) is 0 Å². The van der Waals surface area contributed by atoms with E-state index in [0.717, 1.165) is 37.7 Å². The summed E-state index contributed by atoms with van der Waals surface area (Å²) in [7, 11) is -3.18. The van der Waals surface area contributed by atoms with Crippen LogP contribution in [0, 0.1) is 5.82 Å². The van der Waals surface area contributed by atoms with Crippen LogP contribution >= 0.6 is 0 Å². The van der Waals surface area contributed by atoms with Gasteiger partial charge in [0.2, 0.25) is 0 Å². The summed E-state index contributed by atoms with van der Waals surface area (Å²) in [6, 6.07) is 12.4. The summed E-state index contributed by atoms with van der Waals surface area (Å²) in [6.45, 7) is 8.79. The number of likely N-dealkylation sites (tertiary alicyclic amines) is 1. The van der Waals surface area contributed by atoms with Crippen LogP contribution in [0.3, 0.4) is 0 Å². The van der Waals surface area contributed by atoms with E-state index >= 15 is 4.39 Å². The first-order valence-corrected chi connectivity index (χ1v) is 16.9. The van der Waals surface area contributed by atoms with E-state index in [1.54, 1.807) is 12.1 Å². The minimum absolute atomic E-state index is 0.243. The molecule has 1 fully saturated rings. The molecule has 1 aliphatic heterocycles. The van der Waals surface area contributed by atoms with Gasteiger partial charge < -0.3 is 19.1 Å². The second kappa shape index (κ2) is 15.7. The van der Waals surface area contributed by atoms with Gasteiger partial charge in [-0.3, -0.25) is 9.71 Å². The number of rotatable bonds is 11. The minimum atomic E-state index is -4.90. The number of alkyl halides is 3. The number of hydrogen-bond donors (Lipinski definition) is 1. The van der Waals surface area contributed by atoms with Crippen molar-refractivity contribution in [2.75, 3.05) is 31.5 Å². The van der Waals surface area contributed by atoms with Crippen LogP contribution in [0.15, 0.2) is 71.8 Å². The molecule has 5 rings (SSSR count). The minimum Gasteiger partial charge on any atom is -0.493 e. The molecular weight excluding hydrogens is 638 g/mol. The molecule has 1 atom stereocenters. The molecule has 2 heterocycles. The second-order valence-electron chi connectivity index (χ2n) is 10.8. The number of nitrogens with zero attached hydrogens (tertiary/aromatic N) is 2. The Hall–Kier alpha value is -4.10. The normalized spacial score (nSPS) is 15.4. The van der Waals surface area contributed by atoms with Crippen LogP contribution in [0.4, 0.5) is 23.2 Å². The van der Waals surface area contributed by atoms with Crippen molar-refractivity contribution < 1.29 is 40.2 Å². The fourth-order valence-corrected chi connectivity index (χ4v) is 6.62. The van der Waals surface area contributed by atoms with Crippen LogP contribution in [0.5, 0.6) is 23.0 Å². The summed E-state index contributed by atoms with van der Waals surface area (Å²) in [5.74, 6) is 0.00849. The van der Waals surface area contributed by atoms with Crippen molar-refractivity contribution in [2.45, 2.75) is 63.6 Å². The Morgan fingerprint density at radius 2 is 1.74 bits per heavy atom. The third-order valence-corrected chi connectivity index (χ3v) is 9.10. The molecule has 0 saturated carbocycles. The van der Waals surface area contributed by atoms with E-state index in [1.165, 1.54) is 56.8 Å². The van der Waals surface area contributed by atoms with Gasteiger partial charge in [0.1, 0.15) is 5.75 Å². The smallest absolute Gasteiger partial charge is 0.417 e. The first-order valence-electron chi connectivity index (χ1n) is 15.5. The molecule has 1 aliphatic rings. The monoisotopic (exact) mass is 677 g/mol. The zero-order valence-corrected chi connectivity index (χ0v) is 27.6. The zero-order valence-electron chi connectivity index (χ0n) is 26.7. The SMILES string of the molecule is CC.COc1cc2c(Oc3ccc(NS(=O)(=O)c4ccccc4C(F)(F)F)cc3F)ccnc2cc1OCCCN1CCCCC1C. The molecule has 0 amide bonds. The number of piperidine rings is 1. The standard InChI is InChI=1S/C32H33F4N3O5S.C2H6/c1-21-8-5-6-15-39(21)16-7-17-43-30-20-26-23(19-29(30)42-2)27(13-14-37-26)44-28-12-11-22(18-25(28)33)38-45(40,41)31-10-4-3-9-24(31)32(34,35)36;1-2/h3-4,9-14,18-21,38H,5-8,15-17H2,1-2H3;1-2H3. The lowest BCUT2D eigenvalue weighted by atomic mass is 10.0. The molecule has 1 N–H and O–H groups in total. The predicted molar refractivity (Wildman–Crippen MR) is 173 cm³/mol. The van der Waals surface area contributed by atoms with Gasteiger partial charge in [-0.25, -0.2) is 12.8 Å². The summed E-state index contributed by atoms with van der Waals surface area (Å²) < 4.78 is 100. The van der Waals surface area contributed by atoms with E-state index in [-0.39, 0.29) is 17.2 Å². The summed E-state index contributed by atoms with van der Waals surface area (Å²) in [4.78, 5) is 5.89. The van der Waals surface area contributed by atoms with Crippen molar-refractivity contribution in [1.82, 2.24) is 9.88 Å². The Morgan fingerprint density at radius 1 is 0.979 bits per heavy atom. The predicted octanol–water partition coefficient (Wildman–Crippen LogP) is 8.66. The average Bonchev–Trinajstić information content (AvgIpc) is 3.05. The second-order valence-corrected chi connectivity index (χ2v) is 12.4. The summed E-state index contributed by atoms with van der Waals surface area (Å²) >= 11 is 0.